The molecule has 13 heavy (non-hydrogen) atoms. The van der Waals surface area contributed by atoms with Crippen molar-refractivity contribution in [3.05, 3.63) is 0 Å². The molecule has 1 saturated heterocycles. The minimum absolute atomic E-state index is 0.869. The van der Waals surface area contributed by atoms with Gasteiger partial charge in [0.25, 0.3) is 0 Å². The Morgan fingerprint density at radius 3 is 3.00 bits per heavy atom. The summed E-state index contributed by atoms with van der Waals surface area (Å²) < 4.78 is 0. The molecule has 2 nitrogen and oxygen atoms in total. The van der Waals surface area contributed by atoms with E-state index in [-0.39, 0.29) is 0 Å². The van der Waals surface area contributed by atoms with Crippen molar-refractivity contribution < 1.29 is 0 Å². The van der Waals surface area contributed by atoms with Crippen LogP contribution in [-0.2, 0) is 0 Å². The highest BCUT2D eigenvalue weighted by atomic mass is 15.1. The molecule has 0 bridgehead atoms. The Bertz CT molecular complexity index is 125. The van der Waals surface area contributed by atoms with E-state index in [4.69, 9.17) is 0 Å². The first-order chi connectivity index (χ1) is 6.33. The van der Waals surface area contributed by atoms with Crippen LogP contribution in [0.5, 0.6) is 0 Å². The fourth-order valence-corrected chi connectivity index (χ4v) is 2.14. The van der Waals surface area contributed by atoms with Crippen molar-refractivity contribution in [1.29, 1.82) is 0 Å². The summed E-state index contributed by atoms with van der Waals surface area (Å²) in [5, 5.41) is 3.56. The third-order valence-corrected chi connectivity index (χ3v) is 2.84. The van der Waals surface area contributed by atoms with Crippen molar-refractivity contribution in [3.8, 4) is 0 Å². The molecule has 0 radical (unpaired) electrons. The minimum Gasteiger partial charge on any atom is -0.316 e. The average molecular weight is 184 g/mol. The molecule has 0 aromatic carbocycles. The first-order valence-corrected chi connectivity index (χ1v) is 5.72. The van der Waals surface area contributed by atoms with Crippen molar-refractivity contribution in [2.24, 2.45) is 5.92 Å². The van der Waals surface area contributed by atoms with Gasteiger partial charge < -0.3 is 10.2 Å². The summed E-state index contributed by atoms with van der Waals surface area (Å²) in [5.41, 5.74) is 0. The molecule has 0 amide bonds. The van der Waals surface area contributed by atoms with Crippen molar-refractivity contribution in [2.45, 2.75) is 32.6 Å². The molecule has 0 saturated carbocycles. The quantitative estimate of drug-likeness (QED) is 0.703. The maximum absolute atomic E-state index is 3.56. The number of rotatable bonds is 2. The predicted molar refractivity (Wildman–Crippen MR) is 58.0 cm³/mol. The molecule has 2 heteroatoms. The van der Waals surface area contributed by atoms with Gasteiger partial charge in [0.05, 0.1) is 0 Å². The lowest BCUT2D eigenvalue weighted by Gasteiger charge is -2.22. The van der Waals surface area contributed by atoms with Gasteiger partial charge in [-0.05, 0) is 51.9 Å². The van der Waals surface area contributed by atoms with E-state index in [0.29, 0.717) is 0 Å². The van der Waals surface area contributed by atoms with Gasteiger partial charge in [0, 0.05) is 6.54 Å². The summed E-state index contributed by atoms with van der Waals surface area (Å²) in [6, 6.07) is 0. The van der Waals surface area contributed by atoms with E-state index in [1.165, 1.54) is 51.9 Å². The summed E-state index contributed by atoms with van der Waals surface area (Å²) in [4.78, 5) is 2.49. The highest BCUT2D eigenvalue weighted by molar-refractivity contribution is 4.68. The molecule has 1 rings (SSSR count). The highest BCUT2D eigenvalue weighted by Crippen LogP contribution is 2.09. The molecule has 0 spiro atoms. The third kappa shape index (κ3) is 4.63. The van der Waals surface area contributed by atoms with Crippen molar-refractivity contribution in [1.82, 2.24) is 10.2 Å². The summed E-state index contributed by atoms with van der Waals surface area (Å²) in [7, 11) is 2.26. The Balaban J connectivity index is 2.32. The molecule has 0 aromatic rings. The van der Waals surface area contributed by atoms with E-state index in [1.54, 1.807) is 0 Å². The molecule has 1 N–H and O–H groups in total. The molecular weight excluding hydrogens is 160 g/mol. The van der Waals surface area contributed by atoms with Crippen LogP contribution in [0, 0.1) is 5.92 Å². The van der Waals surface area contributed by atoms with Gasteiger partial charge in [0.15, 0.2) is 0 Å². The van der Waals surface area contributed by atoms with E-state index in [1.807, 2.05) is 0 Å². The van der Waals surface area contributed by atoms with Gasteiger partial charge in [-0.2, -0.15) is 0 Å². The van der Waals surface area contributed by atoms with Crippen LogP contribution in [0.3, 0.4) is 0 Å². The Morgan fingerprint density at radius 2 is 2.23 bits per heavy atom. The third-order valence-electron chi connectivity index (χ3n) is 2.84. The zero-order valence-electron chi connectivity index (χ0n) is 9.18. The first kappa shape index (κ1) is 11.0. The fraction of sp³-hybridized carbons (Fsp3) is 1.00. The highest BCUT2D eigenvalue weighted by Gasteiger charge is 2.11. The summed E-state index contributed by atoms with van der Waals surface area (Å²) in [5.74, 6) is 0.869. The van der Waals surface area contributed by atoms with Crippen LogP contribution in [0.15, 0.2) is 0 Å². The Morgan fingerprint density at radius 1 is 1.38 bits per heavy atom. The molecule has 1 aliphatic rings. The Kier molecular flexibility index (Phi) is 5.40. The van der Waals surface area contributed by atoms with Gasteiger partial charge in [-0.25, -0.2) is 0 Å². The standard InChI is InChI=1S/C11H24N2/c1-3-6-11-9-12-7-4-5-8-13(2)10-11/h11-12H,3-10H2,1-2H3. The molecule has 1 heterocycles. The fourth-order valence-electron chi connectivity index (χ4n) is 2.14. The monoisotopic (exact) mass is 184 g/mol. The van der Waals surface area contributed by atoms with Crippen LogP contribution < -0.4 is 5.32 Å². The maximum atomic E-state index is 3.56. The lowest BCUT2D eigenvalue weighted by atomic mass is 10.0. The Labute approximate surface area is 82.7 Å². The molecular formula is C11H24N2. The largest absolute Gasteiger partial charge is 0.316 e. The number of hydrogen-bond acceptors (Lipinski definition) is 2. The average Bonchev–Trinajstić information content (AvgIpc) is 2.18. The SMILES string of the molecule is CCCC1CNCCCCN(C)C1. The first-order valence-electron chi connectivity index (χ1n) is 5.72. The van der Waals surface area contributed by atoms with Gasteiger partial charge in [0.2, 0.25) is 0 Å². The van der Waals surface area contributed by atoms with Crippen molar-refractivity contribution >= 4 is 0 Å². The van der Waals surface area contributed by atoms with Crippen LogP contribution in [0.1, 0.15) is 32.6 Å². The second kappa shape index (κ2) is 6.39. The lowest BCUT2D eigenvalue weighted by molar-refractivity contribution is 0.269. The summed E-state index contributed by atoms with van der Waals surface area (Å²) >= 11 is 0. The van der Waals surface area contributed by atoms with E-state index in [2.05, 4.69) is 24.2 Å². The molecule has 1 unspecified atom stereocenters. The zero-order chi connectivity index (χ0) is 9.52. The normalized spacial score (nSPS) is 27.7. The van der Waals surface area contributed by atoms with E-state index >= 15 is 0 Å². The maximum Gasteiger partial charge on any atom is 0.00187 e. The van der Waals surface area contributed by atoms with Crippen LogP contribution >= 0.6 is 0 Å². The molecule has 0 aliphatic carbocycles. The van der Waals surface area contributed by atoms with Gasteiger partial charge in [-0.15, -0.1) is 0 Å². The van der Waals surface area contributed by atoms with Gasteiger partial charge in [0.1, 0.15) is 0 Å². The Hall–Kier alpha value is -0.0800. The van der Waals surface area contributed by atoms with Crippen molar-refractivity contribution in [2.75, 3.05) is 33.2 Å². The van der Waals surface area contributed by atoms with Crippen LogP contribution in [-0.4, -0.2) is 38.1 Å². The summed E-state index contributed by atoms with van der Waals surface area (Å²) in [6.45, 7) is 7.28. The predicted octanol–water partition coefficient (Wildman–Crippen LogP) is 1.72. The molecule has 0 aromatic heterocycles. The second-order valence-electron chi connectivity index (χ2n) is 4.33. The number of nitrogens with zero attached hydrogens (tertiary/aromatic N) is 1. The van der Waals surface area contributed by atoms with Gasteiger partial charge in [-0.3, -0.25) is 0 Å². The molecule has 1 atom stereocenters. The lowest BCUT2D eigenvalue weighted by Crippen LogP contribution is -2.31. The number of nitrogens with one attached hydrogen (secondary N) is 1. The zero-order valence-corrected chi connectivity index (χ0v) is 9.18. The molecule has 1 fully saturated rings. The molecule has 1 aliphatic heterocycles. The van der Waals surface area contributed by atoms with E-state index < -0.39 is 0 Å². The minimum atomic E-state index is 0.869. The van der Waals surface area contributed by atoms with Crippen LogP contribution in [0.4, 0.5) is 0 Å². The van der Waals surface area contributed by atoms with Crippen LogP contribution in [0.25, 0.3) is 0 Å². The van der Waals surface area contributed by atoms with Crippen LogP contribution in [0.2, 0.25) is 0 Å². The van der Waals surface area contributed by atoms with Crippen molar-refractivity contribution in [3.63, 3.8) is 0 Å². The van der Waals surface area contributed by atoms with Gasteiger partial charge in [-0.1, -0.05) is 13.3 Å². The van der Waals surface area contributed by atoms with Gasteiger partial charge >= 0.3 is 0 Å². The second-order valence-corrected chi connectivity index (χ2v) is 4.33. The smallest absolute Gasteiger partial charge is 0.00187 e. The molecule has 78 valence electrons. The van der Waals surface area contributed by atoms with E-state index in [9.17, 15) is 0 Å². The number of hydrogen-bond donors (Lipinski definition) is 1. The topological polar surface area (TPSA) is 15.3 Å². The summed E-state index contributed by atoms with van der Waals surface area (Å²) in [6.07, 6.45) is 5.38. The van der Waals surface area contributed by atoms with E-state index in [0.717, 1.165) is 5.92 Å².